The van der Waals surface area contributed by atoms with Gasteiger partial charge in [0.05, 0.1) is 6.54 Å². The van der Waals surface area contributed by atoms with Crippen LogP contribution in [-0.4, -0.2) is 17.2 Å². The summed E-state index contributed by atoms with van der Waals surface area (Å²) in [5.74, 6) is 2.57. The van der Waals surface area contributed by atoms with Crippen molar-refractivity contribution in [1.82, 2.24) is 10.2 Å². The predicted octanol–water partition coefficient (Wildman–Crippen LogP) is 2.67. The van der Waals surface area contributed by atoms with E-state index in [1.54, 1.807) is 6.07 Å². The number of hydrogen-bond donors (Lipinski definition) is 0. The number of aryl methyl sites for hydroxylation is 1. The number of aromatic nitrogens is 2. The van der Waals surface area contributed by atoms with Gasteiger partial charge in [-0.15, -0.1) is 10.2 Å². The first-order chi connectivity index (χ1) is 7.65. The zero-order chi connectivity index (χ0) is 11.5. The molecule has 0 amide bonds. The van der Waals surface area contributed by atoms with Gasteiger partial charge in [0, 0.05) is 7.05 Å². The van der Waals surface area contributed by atoms with Crippen LogP contribution in [0.5, 0.6) is 0 Å². The summed E-state index contributed by atoms with van der Waals surface area (Å²) in [7, 11) is 1.93. The molecule has 2 aromatic rings. The molecular formula is C11H12ClN3O. The second-order valence-electron chi connectivity index (χ2n) is 3.58. The van der Waals surface area contributed by atoms with Crippen LogP contribution in [0.15, 0.2) is 28.7 Å². The quantitative estimate of drug-likeness (QED) is 0.823. The fourth-order valence-electron chi connectivity index (χ4n) is 1.40. The lowest BCUT2D eigenvalue weighted by atomic mass is 10.4. The molecule has 0 aliphatic rings. The van der Waals surface area contributed by atoms with E-state index in [-0.39, 0.29) is 0 Å². The SMILES string of the molecule is Cc1ccc(CN(C)c2ccc(Cl)nn2)o1. The molecule has 0 saturated heterocycles. The third kappa shape index (κ3) is 2.52. The van der Waals surface area contributed by atoms with Crippen LogP contribution in [0.2, 0.25) is 5.15 Å². The lowest BCUT2D eigenvalue weighted by Crippen LogP contribution is -2.17. The van der Waals surface area contributed by atoms with Gasteiger partial charge in [-0.2, -0.15) is 0 Å². The Morgan fingerprint density at radius 2 is 2.06 bits per heavy atom. The zero-order valence-electron chi connectivity index (χ0n) is 9.14. The normalized spacial score (nSPS) is 10.4. The minimum absolute atomic E-state index is 0.394. The first kappa shape index (κ1) is 11.0. The van der Waals surface area contributed by atoms with E-state index >= 15 is 0 Å². The summed E-state index contributed by atoms with van der Waals surface area (Å²) in [6, 6.07) is 7.44. The molecule has 0 N–H and O–H groups in total. The fourth-order valence-corrected chi connectivity index (χ4v) is 1.50. The van der Waals surface area contributed by atoms with Crippen molar-refractivity contribution in [3.05, 3.63) is 40.9 Å². The second-order valence-corrected chi connectivity index (χ2v) is 3.97. The van der Waals surface area contributed by atoms with Crippen LogP contribution >= 0.6 is 11.6 Å². The van der Waals surface area contributed by atoms with Gasteiger partial charge in [0.1, 0.15) is 11.5 Å². The standard InChI is InChI=1S/C11H12ClN3O/c1-8-3-4-9(16-8)7-15(2)11-6-5-10(12)13-14-11/h3-6H,7H2,1-2H3. The van der Waals surface area contributed by atoms with Gasteiger partial charge in [-0.1, -0.05) is 11.6 Å². The smallest absolute Gasteiger partial charge is 0.151 e. The van der Waals surface area contributed by atoms with Gasteiger partial charge >= 0.3 is 0 Å². The van der Waals surface area contributed by atoms with Gasteiger partial charge in [-0.05, 0) is 31.2 Å². The van der Waals surface area contributed by atoms with E-state index in [2.05, 4.69) is 10.2 Å². The van der Waals surface area contributed by atoms with Crippen molar-refractivity contribution >= 4 is 17.4 Å². The molecule has 84 valence electrons. The fraction of sp³-hybridized carbons (Fsp3) is 0.273. The van der Waals surface area contributed by atoms with Gasteiger partial charge in [0.15, 0.2) is 11.0 Å². The summed E-state index contributed by atoms with van der Waals surface area (Å²) in [6.45, 7) is 2.58. The molecule has 0 aliphatic carbocycles. The molecular weight excluding hydrogens is 226 g/mol. The van der Waals surface area contributed by atoms with Crippen molar-refractivity contribution in [3.63, 3.8) is 0 Å². The van der Waals surface area contributed by atoms with Gasteiger partial charge in [0.2, 0.25) is 0 Å². The van der Waals surface area contributed by atoms with Crippen molar-refractivity contribution in [1.29, 1.82) is 0 Å². The zero-order valence-corrected chi connectivity index (χ0v) is 9.90. The number of furan rings is 1. The lowest BCUT2D eigenvalue weighted by molar-refractivity contribution is 0.481. The van der Waals surface area contributed by atoms with Crippen LogP contribution in [0.1, 0.15) is 11.5 Å². The first-order valence-electron chi connectivity index (χ1n) is 4.91. The third-order valence-corrected chi connectivity index (χ3v) is 2.40. The summed E-state index contributed by atoms with van der Waals surface area (Å²) < 4.78 is 5.48. The Bertz CT molecular complexity index is 466. The van der Waals surface area contributed by atoms with E-state index in [0.717, 1.165) is 17.3 Å². The van der Waals surface area contributed by atoms with Crippen LogP contribution < -0.4 is 4.90 Å². The maximum atomic E-state index is 5.67. The Morgan fingerprint density at radius 3 is 2.62 bits per heavy atom. The summed E-state index contributed by atoms with van der Waals surface area (Å²) in [5, 5.41) is 8.17. The first-order valence-corrected chi connectivity index (χ1v) is 5.28. The summed E-state index contributed by atoms with van der Waals surface area (Å²) in [4.78, 5) is 1.95. The third-order valence-electron chi connectivity index (χ3n) is 2.20. The number of rotatable bonds is 3. The van der Waals surface area contributed by atoms with Crippen molar-refractivity contribution in [2.45, 2.75) is 13.5 Å². The van der Waals surface area contributed by atoms with Crippen LogP contribution in [-0.2, 0) is 6.54 Å². The van der Waals surface area contributed by atoms with Crippen molar-refractivity contribution in [2.75, 3.05) is 11.9 Å². The van der Waals surface area contributed by atoms with Crippen LogP contribution in [0, 0.1) is 6.92 Å². The molecule has 2 rings (SSSR count). The Morgan fingerprint density at radius 1 is 1.25 bits per heavy atom. The molecule has 2 aromatic heterocycles. The molecule has 0 bridgehead atoms. The molecule has 0 spiro atoms. The maximum absolute atomic E-state index is 5.67. The van der Waals surface area contributed by atoms with Gasteiger partial charge < -0.3 is 9.32 Å². The molecule has 0 atom stereocenters. The molecule has 0 fully saturated rings. The monoisotopic (exact) mass is 237 g/mol. The highest BCUT2D eigenvalue weighted by molar-refractivity contribution is 6.29. The topological polar surface area (TPSA) is 42.2 Å². The minimum atomic E-state index is 0.394. The molecule has 16 heavy (non-hydrogen) atoms. The predicted molar refractivity (Wildman–Crippen MR) is 62.6 cm³/mol. The average Bonchev–Trinajstić information content (AvgIpc) is 2.65. The van der Waals surface area contributed by atoms with Crippen LogP contribution in [0.25, 0.3) is 0 Å². The highest BCUT2D eigenvalue weighted by Gasteiger charge is 2.06. The molecule has 0 aliphatic heterocycles. The van der Waals surface area contributed by atoms with Gasteiger partial charge in [0.25, 0.3) is 0 Å². The number of hydrogen-bond acceptors (Lipinski definition) is 4. The largest absolute Gasteiger partial charge is 0.464 e. The van der Waals surface area contributed by atoms with Crippen molar-refractivity contribution < 1.29 is 4.42 Å². The van der Waals surface area contributed by atoms with Crippen molar-refractivity contribution in [3.8, 4) is 0 Å². The molecule has 5 heteroatoms. The molecule has 0 unspecified atom stereocenters. The van der Waals surface area contributed by atoms with Crippen molar-refractivity contribution in [2.24, 2.45) is 0 Å². The van der Waals surface area contributed by atoms with E-state index < -0.39 is 0 Å². The number of anilines is 1. The Hall–Kier alpha value is -1.55. The summed E-state index contributed by atoms with van der Waals surface area (Å²) in [5.41, 5.74) is 0. The van der Waals surface area contributed by atoms with Crippen LogP contribution in [0.3, 0.4) is 0 Å². The lowest BCUT2D eigenvalue weighted by Gasteiger charge is -2.15. The molecule has 4 nitrogen and oxygen atoms in total. The Kier molecular flexibility index (Phi) is 3.10. The van der Waals surface area contributed by atoms with Gasteiger partial charge in [-0.3, -0.25) is 0 Å². The number of halogens is 1. The van der Waals surface area contributed by atoms with E-state index in [1.165, 1.54) is 0 Å². The molecule has 0 saturated carbocycles. The van der Waals surface area contributed by atoms with E-state index in [1.807, 2.05) is 37.1 Å². The Balaban J connectivity index is 2.08. The summed E-state index contributed by atoms with van der Waals surface area (Å²) >= 11 is 5.67. The average molecular weight is 238 g/mol. The molecule has 0 aromatic carbocycles. The van der Waals surface area contributed by atoms with Gasteiger partial charge in [-0.25, -0.2) is 0 Å². The van der Waals surface area contributed by atoms with E-state index in [0.29, 0.717) is 11.7 Å². The summed E-state index contributed by atoms with van der Waals surface area (Å²) in [6.07, 6.45) is 0. The number of nitrogens with zero attached hydrogens (tertiary/aromatic N) is 3. The minimum Gasteiger partial charge on any atom is -0.464 e. The van der Waals surface area contributed by atoms with E-state index in [4.69, 9.17) is 16.0 Å². The van der Waals surface area contributed by atoms with E-state index in [9.17, 15) is 0 Å². The second kappa shape index (κ2) is 4.53. The Labute approximate surface area is 98.8 Å². The molecule has 0 radical (unpaired) electrons. The van der Waals surface area contributed by atoms with Crippen LogP contribution in [0.4, 0.5) is 5.82 Å². The highest BCUT2D eigenvalue weighted by atomic mass is 35.5. The highest BCUT2D eigenvalue weighted by Crippen LogP contribution is 2.14. The maximum Gasteiger partial charge on any atom is 0.151 e. The molecule has 2 heterocycles.